The van der Waals surface area contributed by atoms with Crippen molar-refractivity contribution in [3.63, 3.8) is 0 Å². The van der Waals surface area contributed by atoms with E-state index in [0.29, 0.717) is 54.8 Å². The third kappa shape index (κ3) is 7.66. The van der Waals surface area contributed by atoms with Crippen LogP contribution in [0.15, 0.2) is 6.07 Å². The van der Waals surface area contributed by atoms with Gasteiger partial charge in [0.15, 0.2) is 11.5 Å². The fourth-order valence-corrected chi connectivity index (χ4v) is 4.21. The van der Waals surface area contributed by atoms with Gasteiger partial charge in [-0.25, -0.2) is 0 Å². The van der Waals surface area contributed by atoms with Gasteiger partial charge in [-0.1, -0.05) is 13.8 Å². The summed E-state index contributed by atoms with van der Waals surface area (Å²) in [6, 6.07) is 3.09. The van der Waals surface area contributed by atoms with Gasteiger partial charge in [-0.05, 0) is 75.0 Å². The number of hydrogen-bond acceptors (Lipinski definition) is 5. The normalized spacial score (nSPS) is 23.4. The molecule has 1 aromatic carbocycles. The first-order valence-electron chi connectivity index (χ1n) is 11.5. The zero-order valence-electron chi connectivity index (χ0n) is 20.1. The first-order chi connectivity index (χ1) is 14.8. The summed E-state index contributed by atoms with van der Waals surface area (Å²) >= 11 is 0. The van der Waals surface area contributed by atoms with E-state index >= 15 is 0 Å². The van der Waals surface area contributed by atoms with Crippen molar-refractivity contribution in [1.29, 1.82) is 0 Å². The van der Waals surface area contributed by atoms with Crippen LogP contribution in [0.2, 0.25) is 0 Å². The number of fused-ring (bicyclic) bond motifs is 1. The van der Waals surface area contributed by atoms with Crippen LogP contribution in [-0.4, -0.2) is 68.8 Å². The summed E-state index contributed by atoms with van der Waals surface area (Å²) in [6.45, 7) is 14.0. The number of piperidine rings is 1. The Hall–Kier alpha value is -0.726. The van der Waals surface area contributed by atoms with Crippen molar-refractivity contribution in [3.8, 4) is 11.5 Å². The van der Waals surface area contributed by atoms with Crippen molar-refractivity contribution in [2.24, 2.45) is 5.92 Å². The van der Waals surface area contributed by atoms with Gasteiger partial charge < -0.3 is 30.3 Å². The Kier molecular flexibility index (Phi) is 11.4. The fourth-order valence-electron chi connectivity index (χ4n) is 4.21. The molecule has 2 unspecified atom stereocenters. The van der Waals surface area contributed by atoms with E-state index in [4.69, 9.17) is 9.47 Å². The molecule has 2 N–H and O–H groups in total. The summed E-state index contributed by atoms with van der Waals surface area (Å²) in [5.41, 5.74) is 2.67. The molecule has 0 saturated carbocycles. The fraction of sp³-hybridized carbons (Fsp3) is 0.667. The van der Waals surface area contributed by atoms with Crippen LogP contribution in [0.1, 0.15) is 48.2 Å². The number of amides is 1. The predicted molar refractivity (Wildman–Crippen MR) is 124 cm³/mol. The molecule has 0 spiro atoms. The molecule has 4 rings (SSSR count). The molecule has 2 saturated heterocycles. The summed E-state index contributed by atoms with van der Waals surface area (Å²) in [5.74, 6) is 1.75. The van der Waals surface area contributed by atoms with Crippen LogP contribution in [0.3, 0.4) is 0 Å². The number of nitrogens with one attached hydrogen (secondary N) is 2. The Morgan fingerprint density at radius 1 is 1.16 bits per heavy atom. The molecule has 3 aliphatic rings. The van der Waals surface area contributed by atoms with E-state index in [2.05, 4.69) is 41.7 Å². The van der Waals surface area contributed by atoms with Gasteiger partial charge in [-0.2, -0.15) is 0 Å². The number of piperazine rings is 1. The van der Waals surface area contributed by atoms with Gasteiger partial charge in [0.2, 0.25) is 0 Å². The average molecular weight is 519 g/mol. The van der Waals surface area contributed by atoms with Crippen LogP contribution in [-0.2, 0) is 32.7 Å². The molecule has 32 heavy (non-hydrogen) atoms. The van der Waals surface area contributed by atoms with Crippen LogP contribution >= 0.6 is 0 Å². The first kappa shape index (κ1) is 27.5. The number of carbonyl (C=O) groups excluding carboxylic acids is 1. The van der Waals surface area contributed by atoms with Crippen LogP contribution in [0, 0.1) is 26.8 Å². The molecule has 0 aliphatic carbocycles. The number of benzene rings is 1. The van der Waals surface area contributed by atoms with Crippen molar-refractivity contribution in [2.45, 2.75) is 52.6 Å². The molecule has 7 nitrogen and oxygen atoms in total. The molecule has 2 fully saturated rings. The minimum Gasteiger partial charge on any atom is -0.660 e. The monoisotopic (exact) mass is 519 g/mol. The average Bonchev–Trinajstić information content (AvgIpc) is 2.76. The SMILES string of the molecule is CC1C[N-]CC(C)N1.[CH2-]N1CCC(CNC(=O)c2cc(C)c(C)c3c2OCCO3)CC1.[Y]. The van der Waals surface area contributed by atoms with E-state index in [1.165, 1.54) is 0 Å². The Balaban J connectivity index is 0.000000342. The van der Waals surface area contributed by atoms with Crippen LogP contribution in [0.4, 0.5) is 0 Å². The largest absolute Gasteiger partial charge is 0.660 e. The molecule has 1 amide bonds. The summed E-state index contributed by atoms with van der Waals surface area (Å²) < 4.78 is 11.4. The zero-order chi connectivity index (χ0) is 22.4. The van der Waals surface area contributed by atoms with Crippen molar-refractivity contribution < 1.29 is 47.0 Å². The van der Waals surface area contributed by atoms with Gasteiger partial charge in [-0.15, -0.1) is 13.1 Å². The molecule has 3 heterocycles. The number of ether oxygens (including phenoxy) is 2. The van der Waals surface area contributed by atoms with Gasteiger partial charge >= 0.3 is 0 Å². The summed E-state index contributed by atoms with van der Waals surface area (Å²) in [6.07, 6.45) is 2.16. The van der Waals surface area contributed by atoms with Gasteiger partial charge in [0.1, 0.15) is 13.2 Å². The molecule has 2 atom stereocenters. The second-order valence-electron chi connectivity index (χ2n) is 9.05. The molecular weight excluding hydrogens is 481 g/mol. The quantitative estimate of drug-likeness (QED) is 0.601. The molecule has 8 heteroatoms. The summed E-state index contributed by atoms with van der Waals surface area (Å²) in [7, 11) is 3.96. The molecule has 177 valence electrons. The zero-order valence-corrected chi connectivity index (χ0v) is 22.9. The Labute approximate surface area is 218 Å². The van der Waals surface area contributed by atoms with Crippen molar-refractivity contribution >= 4 is 5.91 Å². The smallest absolute Gasteiger partial charge is 0.255 e. The third-order valence-corrected chi connectivity index (χ3v) is 6.20. The number of hydrogen-bond donors (Lipinski definition) is 2. The molecule has 1 aromatic rings. The van der Waals surface area contributed by atoms with Crippen LogP contribution < -0.4 is 20.1 Å². The van der Waals surface area contributed by atoms with E-state index in [1.54, 1.807) is 0 Å². The van der Waals surface area contributed by atoms with Crippen molar-refractivity contribution in [3.05, 3.63) is 35.1 Å². The second-order valence-corrected chi connectivity index (χ2v) is 9.05. The number of nitrogens with zero attached hydrogens (tertiary/aromatic N) is 2. The van der Waals surface area contributed by atoms with E-state index in [9.17, 15) is 4.79 Å². The van der Waals surface area contributed by atoms with Gasteiger partial charge in [0.05, 0.1) is 5.56 Å². The Morgan fingerprint density at radius 2 is 1.75 bits per heavy atom. The maximum Gasteiger partial charge on any atom is 0.255 e. The predicted octanol–water partition coefficient (Wildman–Crippen LogP) is 3.05. The number of carbonyl (C=O) groups is 1. The van der Waals surface area contributed by atoms with Gasteiger partial charge in [0.25, 0.3) is 5.91 Å². The van der Waals surface area contributed by atoms with Crippen molar-refractivity contribution in [1.82, 2.24) is 15.5 Å². The van der Waals surface area contributed by atoms with Gasteiger partial charge in [0, 0.05) is 39.3 Å². The number of rotatable bonds is 3. The maximum absolute atomic E-state index is 12.6. The molecule has 1 radical (unpaired) electrons. The number of likely N-dealkylation sites (tertiary alicyclic amines) is 1. The Morgan fingerprint density at radius 3 is 2.31 bits per heavy atom. The minimum atomic E-state index is -0.0769. The molecule has 3 aliphatic heterocycles. The summed E-state index contributed by atoms with van der Waals surface area (Å²) in [5, 5.41) is 10.7. The standard InChI is InChI=1S/C18H25N2O3.C6H13N2.Y/c1-12-10-15(17-16(13(12)2)22-8-9-23-17)18(21)19-11-14-4-6-20(3)7-5-14;1-5-3-7-4-6(2)8-5;/h10,14H,3-9,11H2,1-2H3,(H,19,21);5-6,8H,3-4H2,1-2H3;/q2*-1;. The van der Waals surface area contributed by atoms with E-state index in [0.717, 1.165) is 50.1 Å². The van der Waals surface area contributed by atoms with Gasteiger partial charge in [-0.3, -0.25) is 11.8 Å². The maximum atomic E-state index is 12.6. The molecule has 0 aromatic heterocycles. The summed E-state index contributed by atoms with van der Waals surface area (Å²) in [4.78, 5) is 14.7. The molecule has 0 bridgehead atoms. The van der Waals surface area contributed by atoms with E-state index in [1.807, 2.05) is 19.9 Å². The van der Waals surface area contributed by atoms with Crippen LogP contribution in [0.25, 0.3) is 5.32 Å². The third-order valence-electron chi connectivity index (χ3n) is 6.20. The Bertz CT molecular complexity index is 745. The minimum absolute atomic E-state index is 0. The second kappa shape index (κ2) is 13.2. The van der Waals surface area contributed by atoms with Crippen molar-refractivity contribution in [2.75, 3.05) is 45.9 Å². The first-order valence-corrected chi connectivity index (χ1v) is 11.5. The van der Waals surface area contributed by atoms with Crippen LogP contribution in [0.5, 0.6) is 11.5 Å². The number of aryl methyl sites for hydroxylation is 1. The topological polar surface area (TPSA) is 76.9 Å². The van der Waals surface area contributed by atoms with E-state index in [-0.39, 0.29) is 38.6 Å². The van der Waals surface area contributed by atoms with E-state index < -0.39 is 0 Å². The molecular formula is C24H38N4O3Y-2.